The third kappa shape index (κ3) is 2.57. The third-order valence-corrected chi connectivity index (χ3v) is 2.57. The first-order chi connectivity index (χ1) is 6.13. The largest absolute Gasteiger partial charge is 0.320 e. The Labute approximate surface area is 83.5 Å². The van der Waals surface area contributed by atoms with Gasteiger partial charge < -0.3 is 5.73 Å². The van der Waals surface area contributed by atoms with E-state index in [2.05, 4.69) is 12.6 Å². The van der Waals surface area contributed by atoms with Gasteiger partial charge in [0, 0.05) is 5.25 Å². The highest BCUT2D eigenvalue weighted by Gasteiger charge is 2.18. The molecule has 1 rings (SSSR count). The Balaban J connectivity index is 2.79. The van der Waals surface area contributed by atoms with Gasteiger partial charge in [0.1, 0.15) is 5.78 Å². The van der Waals surface area contributed by atoms with Crippen molar-refractivity contribution in [1.82, 2.24) is 0 Å². The van der Waals surface area contributed by atoms with Crippen LogP contribution in [0.5, 0.6) is 0 Å². The lowest BCUT2D eigenvalue weighted by molar-refractivity contribution is -0.118. The lowest BCUT2D eigenvalue weighted by Crippen LogP contribution is -2.32. The van der Waals surface area contributed by atoms with Crippen LogP contribution in [0.1, 0.15) is 17.7 Å². The molecule has 0 aliphatic rings. The van der Waals surface area contributed by atoms with E-state index in [0.717, 1.165) is 5.56 Å². The van der Waals surface area contributed by atoms with Gasteiger partial charge in [0.15, 0.2) is 0 Å². The molecule has 0 aliphatic heterocycles. The molecule has 2 nitrogen and oxygen atoms in total. The summed E-state index contributed by atoms with van der Waals surface area (Å²) in [5.41, 5.74) is 6.65. The van der Waals surface area contributed by atoms with Crippen LogP contribution in [0.3, 0.4) is 0 Å². The molecule has 70 valence electrons. The number of Topliss-reactive ketones (excluding diaryl/α,β-unsaturated/α-hetero) is 1. The summed E-state index contributed by atoms with van der Waals surface area (Å²) in [4.78, 5) is 11.0. The van der Waals surface area contributed by atoms with Crippen LogP contribution < -0.4 is 5.73 Å². The molecule has 0 amide bonds. The summed E-state index contributed by atoms with van der Waals surface area (Å²) in [6, 6.07) is 9.05. The predicted molar refractivity (Wildman–Crippen MR) is 56.8 cm³/mol. The maximum atomic E-state index is 11.0. The van der Waals surface area contributed by atoms with Crippen LogP contribution in [-0.2, 0) is 4.79 Å². The van der Waals surface area contributed by atoms with Crippen LogP contribution in [0.4, 0.5) is 0 Å². The first-order valence-electron chi connectivity index (χ1n) is 4.12. The van der Waals surface area contributed by atoms with Crippen LogP contribution in [0.25, 0.3) is 0 Å². The van der Waals surface area contributed by atoms with Crippen LogP contribution in [0.15, 0.2) is 30.3 Å². The second-order valence-corrected chi connectivity index (χ2v) is 3.55. The molecule has 0 saturated heterocycles. The number of nitrogens with two attached hydrogens (primary N) is 1. The summed E-state index contributed by atoms with van der Waals surface area (Å²) in [5, 5.41) is -0.210. The summed E-state index contributed by atoms with van der Waals surface area (Å²) in [6.45, 7) is 1.48. The molecule has 0 aromatic heterocycles. The predicted octanol–water partition coefficient (Wildman–Crippen LogP) is 1.57. The highest BCUT2D eigenvalue weighted by Crippen LogP contribution is 2.22. The Kier molecular flexibility index (Phi) is 3.51. The van der Waals surface area contributed by atoms with E-state index in [1.807, 2.05) is 30.3 Å². The molecular weight excluding hydrogens is 182 g/mol. The SMILES string of the molecule is CC(=O)C(N)C(S)c1ccccc1. The van der Waals surface area contributed by atoms with E-state index in [0.29, 0.717) is 0 Å². The minimum absolute atomic E-state index is 0.0381. The van der Waals surface area contributed by atoms with Gasteiger partial charge in [-0.25, -0.2) is 0 Å². The van der Waals surface area contributed by atoms with Crippen LogP contribution in [0.2, 0.25) is 0 Å². The van der Waals surface area contributed by atoms with Crippen molar-refractivity contribution in [2.45, 2.75) is 18.2 Å². The fourth-order valence-electron chi connectivity index (χ4n) is 1.08. The summed E-state index contributed by atoms with van der Waals surface area (Å²) < 4.78 is 0. The summed E-state index contributed by atoms with van der Waals surface area (Å²) in [6.07, 6.45) is 0. The highest BCUT2D eigenvalue weighted by molar-refractivity contribution is 7.80. The normalized spacial score (nSPS) is 15.0. The average molecular weight is 195 g/mol. The molecule has 0 saturated carbocycles. The van der Waals surface area contributed by atoms with Gasteiger partial charge in [0.05, 0.1) is 6.04 Å². The quantitative estimate of drug-likeness (QED) is 0.719. The zero-order valence-electron chi connectivity index (χ0n) is 7.47. The molecule has 1 aromatic carbocycles. The molecule has 2 N–H and O–H groups in total. The molecule has 0 heterocycles. The molecule has 0 bridgehead atoms. The van der Waals surface area contributed by atoms with Gasteiger partial charge in [-0.1, -0.05) is 30.3 Å². The van der Waals surface area contributed by atoms with Gasteiger partial charge in [-0.05, 0) is 12.5 Å². The van der Waals surface area contributed by atoms with Crippen molar-refractivity contribution in [1.29, 1.82) is 0 Å². The molecule has 2 unspecified atom stereocenters. The lowest BCUT2D eigenvalue weighted by atomic mass is 10.0. The molecular formula is C10H13NOS. The number of benzene rings is 1. The van der Waals surface area contributed by atoms with Gasteiger partial charge >= 0.3 is 0 Å². The molecule has 1 aromatic rings. The van der Waals surface area contributed by atoms with Gasteiger partial charge in [0.25, 0.3) is 0 Å². The van der Waals surface area contributed by atoms with Crippen molar-refractivity contribution in [3.8, 4) is 0 Å². The monoisotopic (exact) mass is 195 g/mol. The Morgan fingerprint density at radius 2 is 1.92 bits per heavy atom. The van der Waals surface area contributed by atoms with Crippen LogP contribution >= 0.6 is 12.6 Å². The first-order valence-corrected chi connectivity index (χ1v) is 4.63. The maximum absolute atomic E-state index is 11.0. The molecule has 13 heavy (non-hydrogen) atoms. The number of rotatable bonds is 3. The maximum Gasteiger partial charge on any atom is 0.147 e. The number of thiol groups is 1. The second-order valence-electron chi connectivity index (χ2n) is 2.99. The number of ketones is 1. The van der Waals surface area contributed by atoms with E-state index in [-0.39, 0.29) is 11.0 Å². The summed E-state index contributed by atoms with van der Waals surface area (Å²) >= 11 is 4.31. The van der Waals surface area contributed by atoms with E-state index < -0.39 is 6.04 Å². The van der Waals surface area contributed by atoms with E-state index in [1.54, 1.807) is 0 Å². The zero-order chi connectivity index (χ0) is 9.84. The van der Waals surface area contributed by atoms with Crippen molar-refractivity contribution >= 4 is 18.4 Å². The van der Waals surface area contributed by atoms with Crippen molar-refractivity contribution in [2.24, 2.45) is 5.73 Å². The van der Waals surface area contributed by atoms with Crippen LogP contribution in [0, 0.1) is 0 Å². The minimum atomic E-state index is -0.522. The fraction of sp³-hybridized carbons (Fsp3) is 0.300. The summed E-state index contributed by atoms with van der Waals surface area (Å²) in [5.74, 6) is -0.0381. The van der Waals surface area contributed by atoms with Crippen LogP contribution in [-0.4, -0.2) is 11.8 Å². The summed E-state index contributed by atoms with van der Waals surface area (Å²) in [7, 11) is 0. The molecule has 0 fully saturated rings. The lowest BCUT2D eigenvalue weighted by Gasteiger charge is -2.16. The van der Waals surface area contributed by atoms with Gasteiger partial charge in [0.2, 0.25) is 0 Å². The fourth-order valence-corrected chi connectivity index (χ4v) is 1.46. The van der Waals surface area contributed by atoms with Crippen molar-refractivity contribution in [3.63, 3.8) is 0 Å². The average Bonchev–Trinajstić information content (AvgIpc) is 2.17. The Hall–Kier alpha value is -0.800. The Bertz CT molecular complexity index is 286. The van der Waals surface area contributed by atoms with Gasteiger partial charge in [-0.3, -0.25) is 4.79 Å². The highest BCUT2D eigenvalue weighted by atomic mass is 32.1. The molecule has 0 radical (unpaired) electrons. The van der Waals surface area contributed by atoms with E-state index in [9.17, 15) is 4.79 Å². The Morgan fingerprint density at radius 3 is 2.38 bits per heavy atom. The molecule has 0 aliphatic carbocycles. The molecule has 3 heteroatoms. The molecule has 0 spiro atoms. The number of hydrogen-bond donors (Lipinski definition) is 2. The van der Waals surface area contributed by atoms with Crippen molar-refractivity contribution in [2.75, 3.05) is 0 Å². The van der Waals surface area contributed by atoms with E-state index in [4.69, 9.17) is 5.73 Å². The second kappa shape index (κ2) is 4.44. The number of carbonyl (C=O) groups excluding carboxylic acids is 1. The first kappa shape index (κ1) is 10.3. The molecule has 2 atom stereocenters. The number of carbonyl (C=O) groups is 1. The standard InChI is InChI=1S/C10H13NOS/c1-7(12)9(11)10(13)8-5-3-2-4-6-8/h2-6,9-10,13H,11H2,1H3. The van der Waals surface area contributed by atoms with Crippen molar-refractivity contribution < 1.29 is 4.79 Å². The van der Waals surface area contributed by atoms with Gasteiger partial charge in [-0.15, -0.1) is 0 Å². The third-order valence-electron chi connectivity index (χ3n) is 1.95. The topological polar surface area (TPSA) is 43.1 Å². The minimum Gasteiger partial charge on any atom is -0.320 e. The Morgan fingerprint density at radius 1 is 1.38 bits per heavy atom. The number of hydrogen-bond acceptors (Lipinski definition) is 3. The van der Waals surface area contributed by atoms with Crippen molar-refractivity contribution in [3.05, 3.63) is 35.9 Å². The van der Waals surface area contributed by atoms with Gasteiger partial charge in [-0.2, -0.15) is 12.6 Å². The zero-order valence-corrected chi connectivity index (χ0v) is 8.37. The smallest absolute Gasteiger partial charge is 0.147 e. The van der Waals surface area contributed by atoms with E-state index in [1.165, 1.54) is 6.92 Å². The van der Waals surface area contributed by atoms with E-state index >= 15 is 0 Å².